The summed E-state index contributed by atoms with van der Waals surface area (Å²) < 4.78 is 5.08. The standard InChI is InChI=1S/C23H20N2O4/c26-21(27)16-29-20-13-11-17(12-14-20)15-24-25-23(28)22(18-7-3-1-4-8-18)19-9-5-2-6-10-19/h1-15,22H,16H2,(H,25,28)(H,26,27)/b24-15+. The number of carboxylic acid groups (broad SMARTS) is 1. The predicted octanol–water partition coefficient (Wildman–Crippen LogP) is 3.43. The first-order chi connectivity index (χ1) is 14.1. The molecule has 0 radical (unpaired) electrons. The van der Waals surface area contributed by atoms with Gasteiger partial charge in [0.25, 0.3) is 5.91 Å². The van der Waals surface area contributed by atoms with E-state index in [4.69, 9.17) is 9.84 Å². The monoisotopic (exact) mass is 388 g/mol. The van der Waals surface area contributed by atoms with Crippen LogP contribution in [0.15, 0.2) is 90.0 Å². The third kappa shape index (κ3) is 5.77. The van der Waals surface area contributed by atoms with Crippen molar-refractivity contribution < 1.29 is 19.4 Å². The van der Waals surface area contributed by atoms with Gasteiger partial charge in [-0.1, -0.05) is 60.7 Å². The number of carboxylic acids is 1. The molecule has 3 aromatic rings. The largest absolute Gasteiger partial charge is 0.482 e. The SMILES string of the molecule is O=C(O)COc1ccc(/C=N/NC(=O)C(c2ccccc2)c2ccccc2)cc1. The van der Waals surface area contributed by atoms with Crippen LogP contribution in [0.5, 0.6) is 5.75 Å². The van der Waals surface area contributed by atoms with Crippen molar-refractivity contribution in [1.82, 2.24) is 5.43 Å². The fourth-order valence-corrected chi connectivity index (χ4v) is 2.82. The van der Waals surface area contributed by atoms with Gasteiger partial charge in [0.15, 0.2) is 6.61 Å². The zero-order valence-electron chi connectivity index (χ0n) is 15.6. The van der Waals surface area contributed by atoms with Gasteiger partial charge in [-0.3, -0.25) is 4.79 Å². The summed E-state index contributed by atoms with van der Waals surface area (Å²) in [5, 5.41) is 12.7. The molecule has 29 heavy (non-hydrogen) atoms. The van der Waals surface area contributed by atoms with Gasteiger partial charge in [-0.15, -0.1) is 0 Å². The molecule has 3 rings (SSSR count). The van der Waals surface area contributed by atoms with E-state index in [1.54, 1.807) is 24.3 Å². The highest BCUT2D eigenvalue weighted by atomic mass is 16.5. The summed E-state index contributed by atoms with van der Waals surface area (Å²) in [6.07, 6.45) is 1.52. The van der Waals surface area contributed by atoms with Crippen LogP contribution < -0.4 is 10.2 Å². The highest BCUT2D eigenvalue weighted by molar-refractivity contribution is 5.88. The van der Waals surface area contributed by atoms with Gasteiger partial charge in [0.05, 0.1) is 12.1 Å². The van der Waals surface area contributed by atoms with Gasteiger partial charge in [0.1, 0.15) is 5.75 Å². The van der Waals surface area contributed by atoms with Crippen molar-refractivity contribution in [2.24, 2.45) is 5.10 Å². The van der Waals surface area contributed by atoms with Crippen molar-refractivity contribution in [3.63, 3.8) is 0 Å². The predicted molar refractivity (Wildman–Crippen MR) is 110 cm³/mol. The molecular formula is C23H20N2O4. The molecular weight excluding hydrogens is 368 g/mol. The van der Waals surface area contributed by atoms with E-state index in [1.165, 1.54) is 6.21 Å². The molecule has 0 atom stereocenters. The van der Waals surface area contributed by atoms with E-state index in [1.807, 2.05) is 60.7 Å². The second kappa shape index (κ2) is 9.85. The molecule has 0 heterocycles. The molecule has 0 fully saturated rings. The second-order valence-corrected chi connectivity index (χ2v) is 6.24. The Kier molecular flexibility index (Phi) is 6.73. The summed E-state index contributed by atoms with van der Waals surface area (Å²) in [6.45, 7) is -0.399. The Labute approximate surface area is 168 Å². The highest BCUT2D eigenvalue weighted by Gasteiger charge is 2.22. The first-order valence-corrected chi connectivity index (χ1v) is 9.01. The number of carbonyl (C=O) groups is 2. The number of hydrogen-bond donors (Lipinski definition) is 2. The van der Waals surface area contributed by atoms with Gasteiger partial charge in [0, 0.05) is 0 Å². The molecule has 0 aliphatic rings. The molecule has 3 aromatic carbocycles. The minimum Gasteiger partial charge on any atom is -0.482 e. The smallest absolute Gasteiger partial charge is 0.341 e. The van der Waals surface area contributed by atoms with Crippen molar-refractivity contribution in [3.8, 4) is 5.75 Å². The molecule has 0 unspecified atom stereocenters. The van der Waals surface area contributed by atoms with Crippen LogP contribution in [0.4, 0.5) is 0 Å². The Bertz CT molecular complexity index is 931. The third-order valence-corrected chi connectivity index (χ3v) is 4.16. The number of nitrogens with one attached hydrogen (secondary N) is 1. The topological polar surface area (TPSA) is 88.0 Å². The Balaban J connectivity index is 1.68. The minimum atomic E-state index is -1.04. The van der Waals surface area contributed by atoms with Crippen LogP contribution >= 0.6 is 0 Å². The number of amides is 1. The average molecular weight is 388 g/mol. The van der Waals surface area contributed by atoms with E-state index >= 15 is 0 Å². The number of hydrazone groups is 1. The lowest BCUT2D eigenvalue weighted by atomic mass is 9.91. The van der Waals surface area contributed by atoms with E-state index in [2.05, 4.69) is 10.5 Å². The van der Waals surface area contributed by atoms with Gasteiger partial charge in [-0.05, 0) is 41.0 Å². The molecule has 0 aliphatic carbocycles. The molecule has 0 spiro atoms. The Morgan fingerprint density at radius 2 is 1.45 bits per heavy atom. The molecule has 6 heteroatoms. The van der Waals surface area contributed by atoms with Crippen LogP contribution in [0, 0.1) is 0 Å². The van der Waals surface area contributed by atoms with Crippen LogP contribution in [0.1, 0.15) is 22.6 Å². The average Bonchev–Trinajstić information content (AvgIpc) is 2.75. The van der Waals surface area contributed by atoms with Gasteiger partial charge >= 0.3 is 5.97 Å². The minimum absolute atomic E-state index is 0.236. The molecule has 6 nitrogen and oxygen atoms in total. The van der Waals surface area contributed by atoms with Crippen LogP contribution in [-0.2, 0) is 9.59 Å². The van der Waals surface area contributed by atoms with Crippen molar-refractivity contribution in [2.75, 3.05) is 6.61 Å². The molecule has 0 saturated carbocycles. The van der Waals surface area contributed by atoms with E-state index in [0.717, 1.165) is 16.7 Å². The van der Waals surface area contributed by atoms with Gasteiger partial charge in [-0.2, -0.15) is 5.10 Å². The van der Waals surface area contributed by atoms with Crippen molar-refractivity contribution in [2.45, 2.75) is 5.92 Å². The fraction of sp³-hybridized carbons (Fsp3) is 0.0870. The lowest BCUT2D eigenvalue weighted by Crippen LogP contribution is -2.26. The lowest BCUT2D eigenvalue weighted by molar-refractivity contribution is -0.139. The third-order valence-electron chi connectivity index (χ3n) is 4.16. The first-order valence-electron chi connectivity index (χ1n) is 9.01. The van der Waals surface area contributed by atoms with Gasteiger partial charge in [0.2, 0.25) is 0 Å². The molecule has 0 aromatic heterocycles. The fourth-order valence-electron chi connectivity index (χ4n) is 2.82. The molecule has 146 valence electrons. The maximum atomic E-state index is 12.8. The van der Waals surface area contributed by atoms with Crippen LogP contribution in [0.3, 0.4) is 0 Å². The quantitative estimate of drug-likeness (QED) is 0.457. The normalized spacial score (nSPS) is 10.8. The number of aliphatic carboxylic acids is 1. The van der Waals surface area contributed by atoms with E-state index in [-0.39, 0.29) is 5.91 Å². The molecule has 2 N–H and O–H groups in total. The van der Waals surface area contributed by atoms with Gasteiger partial charge < -0.3 is 9.84 Å². The van der Waals surface area contributed by atoms with E-state index in [9.17, 15) is 9.59 Å². The maximum Gasteiger partial charge on any atom is 0.341 e. The Morgan fingerprint density at radius 1 is 0.897 bits per heavy atom. The summed E-state index contributed by atoms with van der Waals surface area (Å²) in [5.74, 6) is -1.30. The molecule has 0 saturated heterocycles. The molecule has 0 aliphatic heterocycles. The summed E-state index contributed by atoms with van der Waals surface area (Å²) >= 11 is 0. The number of carbonyl (C=O) groups excluding carboxylic acids is 1. The zero-order valence-corrected chi connectivity index (χ0v) is 15.6. The first kappa shape index (κ1) is 19.8. The van der Waals surface area contributed by atoms with Crippen molar-refractivity contribution >= 4 is 18.1 Å². The Morgan fingerprint density at radius 3 is 1.97 bits per heavy atom. The second-order valence-electron chi connectivity index (χ2n) is 6.24. The summed E-state index contributed by atoms with van der Waals surface area (Å²) in [6, 6.07) is 25.8. The number of nitrogens with zero attached hydrogens (tertiary/aromatic N) is 1. The number of benzene rings is 3. The highest BCUT2D eigenvalue weighted by Crippen LogP contribution is 2.24. The van der Waals surface area contributed by atoms with Gasteiger partial charge in [-0.25, -0.2) is 10.2 Å². The number of ether oxygens (including phenoxy) is 1. The van der Waals surface area contributed by atoms with Crippen LogP contribution in [0.2, 0.25) is 0 Å². The number of rotatable bonds is 8. The van der Waals surface area contributed by atoms with E-state index in [0.29, 0.717) is 5.75 Å². The summed E-state index contributed by atoms with van der Waals surface area (Å²) in [4.78, 5) is 23.4. The van der Waals surface area contributed by atoms with E-state index < -0.39 is 18.5 Å². The molecule has 0 bridgehead atoms. The lowest BCUT2D eigenvalue weighted by Gasteiger charge is -2.16. The summed E-state index contributed by atoms with van der Waals surface area (Å²) in [7, 11) is 0. The summed E-state index contributed by atoms with van der Waals surface area (Å²) in [5.41, 5.74) is 5.11. The van der Waals surface area contributed by atoms with Crippen molar-refractivity contribution in [3.05, 3.63) is 102 Å². The van der Waals surface area contributed by atoms with Crippen LogP contribution in [0.25, 0.3) is 0 Å². The maximum absolute atomic E-state index is 12.8. The zero-order chi connectivity index (χ0) is 20.5. The van der Waals surface area contributed by atoms with Crippen molar-refractivity contribution in [1.29, 1.82) is 0 Å². The Hall–Kier alpha value is -3.93. The molecule has 1 amide bonds. The van der Waals surface area contributed by atoms with Crippen LogP contribution in [-0.4, -0.2) is 29.8 Å². The number of hydrogen-bond acceptors (Lipinski definition) is 4.